The van der Waals surface area contributed by atoms with E-state index in [1.54, 1.807) is 12.1 Å². The van der Waals surface area contributed by atoms with Crippen LogP contribution in [0.4, 0.5) is 0 Å². The van der Waals surface area contributed by atoms with Crippen LogP contribution in [0.25, 0.3) is 11.4 Å². The van der Waals surface area contributed by atoms with Crippen LogP contribution in [0.5, 0.6) is 0 Å². The second-order valence-corrected chi connectivity index (χ2v) is 11.4. The molecule has 11 nitrogen and oxygen atoms in total. The Morgan fingerprint density at radius 1 is 1.10 bits per heavy atom. The highest BCUT2D eigenvalue weighted by atomic mass is 16.5. The summed E-state index contributed by atoms with van der Waals surface area (Å²) in [6.45, 7) is 6.53. The number of nitrogens with zero attached hydrogens (tertiary/aromatic N) is 5. The van der Waals surface area contributed by atoms with Crippen LogP contribution in [0.3, 0.4) is 0 Å². The minimum atomic E-state index is -1.17. The van der Waals surface area contributed by atoms with E-state index in [-0.39, 0.29) is 24.8 Å². The van der Waals surface area contributed by atoms with E-state index in [9.17, 15) is 19.5 Å². The number of rotatable bonds is 7. The Labute approximate surface area is 237 Å². The molecule has 1 aromatic carbocycles. The molecule has 2 aromatic heterocycles. The number of piperidine rings is 2. The maximum absolute atomic E-state index is 13.2. The zero-order valence-corrected chi connectivity index (χ0v) is 23.3. The largest absolute Gasteiger partial charge is 0.383 e. The van der Waals surface area contributed by atoms with Gasteiger partial charge in [-0.15, -0.1) is 0 Å². The molecule has 0 bridgehead atoms. The number of hydrogen-bond acceptors (Lipinski definition) is 9. The number of carbonyl (C=O) groups excluding carboxylic acids is 3. The molecule has 0 saturated carbocycles. The van der Waals surface area contributed by atoms with Gasteiger partial charge in [-0.2, -0.15) is 4.98 Å². The van der Waals surface area contributed by atoms with Crippen LogP contribution in [0.2, 0.25) is 0 Å². The number of amides is 3. The van der Waals surface area contributed by atoms with Crippen molar-refractivity contribution >= 4 is 17.7 Å². The average molecular weight is 559 g/mol. The SMILES string of the molecule is CCC1(CC)CN(Cc2ccc(-c3ncon3)cc2)CC[C@@]1(O)c1ccc2c(n1)CN([C@@H]1CCC(=O)NC1=O)C2=O. The number of carbonyl (C=O) groups is 3. The monoisotopic (exact) mass is 558 g/mol. The van der Waals surface area contributed by atoms with Gasteiger partial charge in [0.2, 0.25) is 24.0 Å². The van der Waals surface area contributed by atoms with Crippen LogP contribution in [0.15, 0.2) is 47.3 Å². The summed E-state index contributed by atoms with van der Waals surface area (Å²) >= 11 is 0. The van der Waals surface area contributed by atoms with Gasteiger partial charge in [0.15, 0.2) is 0 Å². The number of pyridine rings is 1. The molecule has 5 heterocycles. The van der Waals surface area contributed by atoms with Crippen LogP contribution in [-0.2, 0) is 28.3 Å². The Morgan fingerprint density at radius 3 is 2.56 bits per heavy atom. The molecular formula is C30H34N6O5. The van der Waals surface area contributed by atoms with Gasteiger partial charge in [0, 0.05) is 37.0 Å². The Balaban J connectivity index is 1.21. The van der Waals surface area contributed by atoms with Gasteiger partial charge in [-0.25, -0.2) is 0 Å². The lowest BCUT2D eigenvalue weighted by atomic mass is 9.62. The lowest BCUT2D eigenvalue weighted by Gasteiger charge is -2.53. The molecule has 3 aliphatic heterocycles. The fraction of sp³-hybridized carbons (Fsp3) is 0.467. The number of nitrogens with one attached hydrogen (secondary N) is 1. The summed E-state index contributed by atoms with van der Waals surface area (Å²) in [7, 11) is 0. The third-order valence-electron chi connectivity index (χ3n) is 9.32. The van der Waals surface area contributed by atoms with Gasteiger partial charge in [0.25, 0.3) is 5.91 Å². The lowest BCUT2D eigenvalue weighted by Crippen LogP contribution is -2.57. The van der Waals surface area contributed by atoms with E-state index in [1.807, 2.05) is 12.1 Å². The normalized spacial score (nSPS) is 24.4. The van der Waals surface area contributed by atoms with Crippen molar-refractivity contribution in [3.05, 3.63) is 65.3 Å². The maximum Gasteiger partial charge on any atom is 0.256 e. The summed E-state index contributed by atoms with van der Waals surface area (Å²) in [5, 5.41) is 18.6. The first-order chi connectivity index (χ1) is 19.8. The van der Waals surface area contributed by atoms with Gasteiger partial charge in [0.1, 0.15) is 11.6 Å². The standard InChI is InChI=1S/C30H34N6O5/c1-3-29(4-2)17-35(15-19-5-7-20(8-6-19)26-31-18-41-34-26)14-13-30(29,40)24-11-9-21-22(32-24)16-36(28(21)39)23-10-12-25(37)33-27(23)38/h5-9,11,18,23,40H,3-4,10,12-17H2,1-2H3,(H,33,37,38)/t23-,30-/m1/s1. The molecule has 2 fully saturated rings. The van der Waals surface area contributed by atoms with Crippen LogP contribution in [-0.4, -0.2) is 66.9 Å². The molecule has 214 valence electrons. The van der Waals surface area contributed by atoms with Crippen molar-refractivity contribution in [2.45, 2.75) is 70.7 Å². The highest BCUT2D eigenvalue weighted by molar-refractivity contribution is 6.05. The smallest absolute Gasteiger partial charge is 0.256 e. The summed E-state index contributed by atoms with van der Waals surface area (Å²) in [5.41, 5.74) is 2.02. The number of fused-ring (bicyclic) bond motifs is 1. The van der Waals surface area contributed by atoms with Crippen LogP contribution in [0, 0.1) is 5.41 Å². The molecule has 0 spiro atoms. The minimum Gasteiger partial charge on any atom is -0.383 e. The molecule has 2 atom stereocenters. The topological polar surface area (TPSA) is 142 Å². The van der Waals surface area contributed by atoms with E-state index < -0.39 is 23.0 Å². The predicted octanol–water partition coefficient (Wildman–Crippen LogP) is 2.79. The van der Waals surface area contributed by atoms with Gasteiger partial charge in [-0.05, 0) is 43.4 Å². The molecule has 0 unspecified atom stereocenters. The Hall–Kier alpha value is -3.96. The zero-order valence-electron chi connectivity index (χ0n) is 23.3. The maximum atomic E-state index is 13.2. The van der Waals surface area contributed by atoms with Crippen LogP contribution >= 0.6 is 0 Å². The Kier molecular flexibility index (Phi) is 6.95. The number of likely N-dealkylation sites (tertiary alicyclic amines) is 1. The fourth-order valence-electron chi connectivity index (χ4n) is 6.80. The molecule has 11 heteroatoms. The number of hydrogen-bond donors (Lipinski definition) is 2. The zero-order chi connectivity index (χ0) is 28.8. The summed E-state index contributed by atoms with van der Waals surface area (Å²) in [6, 6.07) is 10.9. The second-order valence-electron chi connectivity index (χ2n) is 11.4. The molecule has 2 saturated heterocycles. The van der Waals surface area contributed by atoms with Crippen molar-refractivity contribution in [2.75, 3.05) is 13.1 Å². The van der Waals surface area contributed by atoms with Crippen molar-refractivity contribution in [2.24, 2.45) is 5.41 Å². The number of aromatic nitrogens is 3. The summed E-state index contributed by atoms with van der Waals surface area (Å²) in [6.07, 6.45) is 3.83. The van der Waals surface area contributed by atoms with Crippen molar-refractivity contribution in [3.63, 3.8) is 0 Å². The Morgan fingerprint density at radius 2 is 1.88 bits per heavy atom. The van der Waals surface area contributed by atoms with E-state index in [0.717, 1.165) is 30.5 Å². The van der Waals surface area contributed by atoms with Gasteiger partial charge in [-0.3, -0.25) is 29.6 Å². The lowest BCUT2D eigenvalue weighted by molar-refractivity contribution is -0.151. The molecule has 3 aromatic rings. The first-order valence-corrected chi connectivity index (χ1v) is 14.2. The van der Waals surface area contributed by atoms with E-state index in [0.29, 0.717) is 48.7 Å². The molecular weight excluding hydrogens is 524 g/mol. The molecule has 0 radical (unpaired) electrons. The van der Waals surface area contributed by atoms with Crippen LogP contribution in [0.1, 0.15) is 73.3 Å². The highest BCUT2D eigenvalue weighted by Crippen LogP contribution is 2.50. The van der Waals surface area contributed by atoms with Gasteiger partial charge in [-0.1, -0.05) is 43.3 Å². The summed E-state index contributed by atoms with van der Waals surface area (Å²) in [4.78, 5) is 50.1. The number of imide groups is 1. The van der Waals surface area contributed by atoms with Crippen molar-refractivity contribution in [3.8, 4) is 11.4 Å². The molecule has 2 N–H and O–H groups in total. The molecule has 3 amide bonds. The van der Waals surface area contributed by atoms with E-state index in [1.165, 1.54) is 11.3 Å². The third kappa shape index (κ3) is 4.62. The van der Waals surface area contributed by atoms with Crippen LogP contribution < -0.4 is 5.32 Å². The molecule has 41 heavy (non-hydrogen) atoms. The second kappa shape index (κ2) is 10.5. The van der Waals surface area contributed by atoms with E-state index in [2.05, 4.69) is 46.3 Å². The molecule has 0 aliphatic carbocycles. The van der Waals surface area contributed by atoms with E-state index >= 15 is 0 Å². The quantitative estimate of drug-likeness (QED) is 0.419. The molecule has 3 aliphatic rings. The van der Waals surface area contributed by atoms with Crippen molar-refractivity contribution < 1.29 is 24.0 Å². The highest BCUT2D eigenvalue weighted by Gasteiger charge is 2.54. The van der Waals surface area contributed by atoms with E-state index in [4.69, 9.17) is 9.51 Å². The third-order valence-corrected chi connectivity index (χ3v) is 9.32. The van der Waals surface area contributed by atoms with Gasteiger partial charge >= 0.3 is 0 Å². The fourth-order valence-corrected chi connectivity index (χ4v) is 6.80. The predicted molar refractivity (Wildman–Crippen MR) is 147 cm³/mol. The van der Waals surface area contributed by atoms with Gasteiger partial charge < -0.3 is 14.5 Å². The Bertz CT molecular complexity index is 1470. The van der Waals surface area contributed by atoms with Crippen molar-refractivity contribution in [1.82, 2.24) is 30.2 Å². The first-order valence-electron chi connectivity index (χ1n) is 14.2. The number of benzene rings is 1. The average Bonchev–Trinajstić information content (AvgIpc) is 3.63. The summed E-state index contributed by atoms with van der Waals surface area (Å²) in [5.74, 6) is -0.480. The summed E-state index contributed by atoms with van der Waals surface area (Å²) < 4.78 is 4.85. The first kappa shape index (κ1) is 27.2. The number of aliphatic hydroxyl groups is 1. The van der Waals surface area contributed by atoms with Gasteiger partial charge in [0.05, 0.1) is 23.5 Å². The van der Waals surface area contributed by atoms with Crippen molar-refractivity contribution in [1.29, 1.82) is 0 Å². The molecule has 6 rings (SSSR count). The minimum absolute atomic E-state index is 0.182.